The van der Waals surface area contributed by atoms with Crippen molar-refractivity contribution in [3.05, 3.63) is 102 Å². The third-order valence-electron chi connectivity index (χ3n) is 5.62. The molecule has 2 aromatic heterocycles. The number of nitrogens with one attached hydrogen (secondary N) is 1. The van der Waals surface area contributed by atoms with Gasteiger partial charge < -0.3 is 4.57 Å². The Morgan fingerprint density at radius 1 is 0.971 bits per heavy atom. The summed E-state index contributed by atoms with van der Waals surface area (Å²) in [4.78, 5) is 43.0. The van der Waals surface area contributed by atoms with Gasteiger partial charge in [0.2, 0.25) is 0 Å². The van der Waals surface area contributed by atoms with E-state index in [9.17, 15) is 19.6 Å². The number of rotatable bonds is 4. The van der Waals surface area contributed by atoms with Crippen molar-refractivity contribution >= 4 is 40.5 Å². The number of barbiturate groups is 1. The molecule has 0 unspecified atom stereocenters. The molecule has 5 rings (SSSR count). The second kappa shape index (κ2) is 8.48. The molecule has 164 valence electrons. The van der Waals surface area contributed by atoms with Crippen LogP contribution in [-0.2, 0) is 16.1 Å². The van der Waals surface area contributed by atoms with E-state index in [0.717, 1.165) is 21.4 Å². The number of imide groups is 2. The van der Waals surface area contributed by atoms with Gasteiger partial charge in [-0.15, -0.1) is 0 Å². The Labute approximate surface area is 194 Å². The molecule has 0 spiro atoms. The van der Waals surface area contributed by atoms with Gasteiger partial charge in [-0.2, -0.15) is 5.26 Å². The van der Waals surface area contributed by atoms with Crippen LogP contribution in [0.25, 0.3) is 17.0 Å². The van der Waals surface area contributed by atoms with Gasteiger partial charge in [-0.05, 0) is 35.9 Å². The topological polar surface area (TPSA) is 108 Å². The highest BCUT2D eigenvalue weighted by Gasteiger charge is 2.37. The van der Waals surface area contributed by atoms with Crippen LogP contribution >= 0.6 is 0 Å². The molecule has 0 aliphatic carbocycles. The number of hydrogen-bond donors (Lipinski definition) is 1. The van der Waals surface area contributed by atoms with Gasteiger partial charge in [0.1, 0.15) is 5.57 Å². The molecule has 34 heavy (non-hydrogen) atoms. The smallest absolute Gasteiger partial charge is 0.335 e. The number of anilines is 1. The predicted molar refractivity (Wildman–Crippen MR) is 125 cm³/mol. The summed E-state index contributed by atoms with van der Waals surface area (Å²) in [5.41, 5.74) is 3.11. The molecule has 1 fully saturated rings. The normalized spacial score (nSPS) is 15.0. The van der Waals surface area contributed by atoms with E-state index in [0.29, 0.717) is 23.4 Å². The number of nitrogens with zero attached hydrogens (tertiary/aromatic N) is 4. The molecular weight excluding hydrogens is 430 g/mol. The van der Waals surface area contributed by atoms with E-state index in [1.807, 2.05) is 53.2 Å². The average molecular weight is 447 g/mol. The number of para-hydroxylation sites is 1. The Bertz CT molecular complexity index is 1530. The van der Waals surface area contributed by atoms with Gasteiger partial charge in [0, 0.05) is 41.6 Å². The van der Waals surface area contributed by atoms with Crippen LogP contribution in [0.4, 0.5) is 10.5 Å². The minimum Gasteiger partial charge on any atom is -0.342 e. The lowest BCUT2D eigenvalue weighted by Crippen LogP contribution is -2.54. The molecule has 8 heteroatoms. The number of fused-ring (bicyclic) bond motifs is 1. The van der Waals surface area contributed by atoms with Crippen molar-refractivity contribution in [1.82, 2.24) is 14.9 Å². The molecule has 0 atom stereocenters. The third kappa shape index (κ3) is 3.61. The summed E-state index contributed by atoms with van der Waals surface area (Å²) in [6, 6.07) is 19.4. The summed E-state index contributed by atoms with van der Waals surface area (Å²) in [5.74, 6) is -1.47. The van der Waals surface area contributed by atoms with Crippen molar-refractivity contribution in [2.24, 2.45) is 0 Å². The first-order chi connectivity index (χ1) is 16.6. The van der Waals surface area contributed by atoms with Crippen molar-refractivity contribution in [2.75, 3.05) is 4.90 Å². The summed E-state index contributed by atoms with van der Waals surface area (Å²) in [7, 11) is 0. The minimum atomic E-state index is -0.811. The third-order valence-corrected chi connectivity index (χ3v) is 5.62. The SMILES string of the molecule is N#Cc1ccccc1Cn1cc(/C=C2\C(=O)NC(=O)N(c3ccncc3)C2=O)c2ccccc21. The molecule has 0 saturated carbocycles. The lowest BCUT2D eigenvalue weighted by Gasteiger charge is -2.26. The molecule has 1 N–H and O–H groups in total. The number of hydrogen-bond acceptors (Lipinski definition) is 5. The molecular formula is C26H17N5O3. The van der Waals surface area contributed by atoms with E-state index in [2.05, 4.69) is 16.4 Å². The number of amides is 4. The Morgan fingerprint density at radius 3 is 2.50 bits per heavy atom. The molecule has 4 amide bonds. The standard InChI is InChI=1S/C26H17N5O3/c27-14-17-5-1-2-6-18(17)15-30-16-19(21-7-3-4-8-23(21)30)13-22-24(32)29-26(34)31(25(22)33)20-9-11-28-12-10-20/h1-13,16H,15H2,(H,29,32,34)/b22-13+. The molecule has 1 aliphatic rings. The molecule has 0 radical (unpaired) electrons. The van der Waals surface area contributed by atoms with E-state index in [-0.39, 0.29) is 5.57 Å². The largest absolute Gasteiger partial charge is 0.342 e. The maximum Gasteiger partial charge on any atom is 0.335 e. The fraction of sp³-hybridized carbons (Fsp3) is 0.0385. The van der Waals surface area contributed by atoms with E-state index in [4.69, 9.17) is 0 Å². The van der Waals surface area contributed by atoms with Gasteiger partial charge in [-0.25, -0.2) is 9.69 Å². The second-order valence-corrected chi connectivity index (χ2v) is 7.66. The molecule has 1 aliphatic heterocycles. The summed E-state index contributed by atoms with van der Waals surface area (Å²) in [6.45, 7) is 0.440. The van der Waals surface area contributed by atoms with Crippen LogP contribution in [0, 0.1) is 11.3 Å². The van der Waals surface area contributed by atoms with Crippen molar-refractivity contribution < 1.29 is 14.4 Å². The van der Waals surface area contributed by atoms with Crippen molar-refractivity contribution in [2.45, 2.75) is 6.54 Å². The number of carbonyl (C=O) groups is 3. The number of aromatic nitrogens is 2. The zero-order valence-electron chi connectivity index (χ0n) is 17.8. The van der Waals surface area contributed by atoms with Crippen molar-refractivity contribution in [3.63, 3.8) is 0 Å². The van der Waals surface area contributed by atoms with E-state index >= 15 is 0 Å². The molecule has 0 bridgehead atoms. The maximum absolute atomic E-state index is 13.2. The zero-order chi connectivity index (χ0) is 23.7. The van der Waals surface area contributed by atoms with Gasteiger partial charge in [-0.3, -0.25) is 19.9 Å². The predicted octanol–water partition coefficient (Wildman–Crippen LogP) is 3.62. The minimum absolute atomic E-state index is 0.156. The highest BCUT2D eigenvalue weighted by Crippen LogP contribution is 2.27. The van der Waals surface area contributed by atoms with Crippen molar-refractivity contribution in [3.8, 4) is 6.07 Å². The van der Waals surface area contributed by atoms with Crippen molar-refractivity contribution in [1.29, 1.82) is 5.26 Å². The number of pyridine rings is 1. The van der Waals surface area contributed by atoms with Crippen LogP contribution in [0.2, 0.25) is 0 Å². The summed E-state index contributed by atoms with van der Waals surface area (Å²) in [6.07, 6.45) is 6.25. The molecule has 8 nitrogen and oxygen atoms in total. The lowest BCUT2D eigenvalue weighted by atomic mass is 10.1. The van der Waals surface area contributed by atoms with Crippen LogP contribution in [0.3, 0.4) is 0 Å². The fourth-order valence-electron chi connectivity index (χ4n) is 4.01. The fourth-order valence-corrected chi connectivity index (χ4v) is 4.01. The number of benzene rings is 2. The molecule has 1 saturated heterocycles. The van der Waals surface area contributed by atoms with Gasteiger partial charge in [-0.1, -0.05) is 36.4 Å². The number of urea groups is 1. The first-order valence-electron chi connectivity index (χ1n) is 10.4. The van der Waals surface area contributed by atoms with E-state index < -0.39 is 17.8 Å². The number of nitriles is 1. The van der Waals surface area contributed by atoms with Gasteiger partial charge in [0.15, 0.2) is 0 Å². The van der Waals surface area contributed by atoms with Gasteiger partial charge in [0.05, 0.1) is 17.3 Å². The summed E-state index contributed by atoms with van der Waals surface area (Å²) in [5, 5.41) is 12.5. The summed E-state index contributed by atoms with van der Waals surface area (Å²) < 4.78 is 1.97. The van der Waals surface area contributed by atoms with Crippen LogP contribution in [-0.4, -0.2) is 27.4 Å². The van der Waals surface area contributed by atoms with Crippen LogP contribution < -0.4 is 10.2 Å². The highest BCUT2D eigenvalue weighted by molar-refractivity contribution is 6.39. The lowest BCUT2D eigenvalue weighted by molar-refractivity contribution is -0.122. The Balaban J connectivity index is 1.59. The molecule has 3 heterocycles. The number of carbonyl (C=O) groups excluding carboxylic acids is 3. The zero-order valence-corrected chi connectivity index (χ0v) is 17.8. The van der Waals surface area contributed by atoms with E-state index in [1.54, 1.807) is 6.07 Å². The monoisotopic (exact) mass is 447 g/mol. The molecule has 2 aromatic carbocycles. The molecule has 4 aromatic rings. The first-order valence-corrected chi connectivity index (χ1v) is 10.4. The Morgan fingerprint density at radius 2 is 1.71 bits per heavy atom. The van der Waals surface area contributed by atoms with E-state index in [1.165, 1.54) is 30.6 Å². The Hall–Kier alpha value is -5.03. The highest BCUT2D eigenvalue weighted by atomic mass is 16.2. The second-order valence-electron chi connectivity index (χ2n) is 7.66. The quantitative estimate of drug-likeness (QED) is 0.380. The first kappa shape index (κ1) is 20.8. The maximum atomic E-state index is 13.2. The van der Waals surface area contributed by atoms with Crippen LogP contribution in [0.1, 0.15) is 16.7 Å². The van der Waals surface area contributed by atoms with Crippen LogP contribution in [0.5, 0.6) is 0 Å². The van der Waals surface area contributed by atoms with Gasteiger partial charge in [0.25, 0.3) is 11.8 Å². The Kier molecular flexibility index (Phi) is 5.20. The average Bonchev–Trinajstić information content (AvgIpc) is 3.20. The van der Waals surface area contributed by atoms with Gasteiger partial charge >= 0.3 is 6.03 Å². The van der Waals surface area contributed by atoms with Crippen LogP contribution in [0.15, 0.2) is 84.8 Å². The summed E-state index contributed by atoms with van der Waals surface area (Å²) >= 11 is 0.